The van der Waals surface area contributed by atoms with Crippen LogP contribution in [0.4, 0.5) is 0 Å². The average molecular weight is 312 g/mol. The van der Waals surface area contributed by atoms with Crippen LogP contribution in [0.25, 0.3) is 0 Å². The van der Waals surface area contributed by atoms with Crippen molar-refractivity contribution >= 4 is 11.8 Å². The zero-order valence-corrected chi connectivity index (χ0v) is 12.4. The molecular formula is C18H16O5. The monoisotopic (exact) mass is 312 g/mol. The van der Waals surface area contributed by atoms with Crippen molar-refractivity contribution in [2.45, 2.75) is 0 Å². The Morgan fingerprint density at radius 2 is 1.57 bits per heavy atom. The molecular weight excluding hydrogens is 296 g/mol. The zero-order valence-electron chi connectivity index (χ0n) is 12.4. The molecule has 0 aliphatic rings. The zero-order chi connectivity index (χ0) is 16.5. The summed E-state index contributed by atoms with van der Waals surface area (Å²) >= 11 is 0. The molecule has 5 nitrogen and oxygen atoms in total. The van der Waals surface area contributed by atoms with E-state index in [1.54, 1.807) is 36.4 Å². The van der Waals surface area contributed by atoms with Gasteiger partial charge in [-0.25, -0.2) is 4.79 Å². The molecule has 0 bridgehead atoms. The molecule has 0 fully saturated rings. The number of ether oxygens (including phenoxy) is 1. The van der Waals surface area contributed by atoms with Gasteiger partial charge in [0.2, 0.25) is 0 Å². The van der Waals surface area contributed by atoms with Crippen molar-refractivity contribution in [1.82, 2.24) is 0 Å². The highest BCUT2D eigenvalue weighted by Crippen LogP contribution is 2.15. The first kappa shape index (κ1) is 16.5. The van der Waals surface area contributed by atoms with Gasteiger partial charge in [0.05, 0.1) is 0 Å². The van der Waals surface area contributed by atoms with Crippen LogP contribution in [0, 0.1) is 0 Å². The Morgan fingerprint density at radius 3 is 2.22 bits per heavy atom. The summed E-state index contributed by atoms with van der Waals surface area (Å²) in [5.41, 5.74) is 1.22. The van der Waals surface area contributed by atoms with Crippen molar-refractivity contribution < 1.29 is 24.1 Å². The van der Waals surface area contributed by atoms with Crippen molar-refractivity contribution in [3.05, 3.63) is 78.4 Å². The molecule has 23 heavy (non-hydrogen) atoms. The summed E-state index contributed by atoms with van der Waals surface area (Å²) in [4.78, 5) is 31.9. The third kappa shape index (κ3) is 5.09. The molecule has 0 heterocycles. The molecule has 0 atom stereocenters. The number of rotatable bonds is 8. The van der Waals surface area contributed by atoms with E-state index in [4.69, 9.17) is 4.74 Å². The lowest BCUT2D eigenvalue weighted by atomic mass is 10.0. The van der Waals surface area contributed by atoms with Crippen molar-refractivity contribution in [3.63, 3.8) is 0 Å². The Balaban J connectivity index is 1.82. The standard InChI is InChI=1S/C18H16O5/c1-2-17(19)23-22-13-12-21-16-10-8-15(9-11-16)18(20)14-6-4-3-5-7-14/h2-11H,1,12-13H2. The lowest BCUT2D eigenvalue weighted by molar-refractivity contribution is -0.269. The van der Waals surface area contributed by atoms with Crippen LogP contribution in [0.2, 0.25) is 0 Å². The third-order valence-corrected chi connectivity index (χ3v) is 2.90. The molecule has 0 unspecified atom stereocenters. The normalized spacial score (nSPS) is 9.91. The first-order valence-corrected chi connectivity index (χ1v) is 6.99. The molecule has 0 spiro atoms. The highest BCUT2D eigenvalue weighted by atomic mass is 17.2. The van der Waals surface area contributed by atoms with Gasteiger partial charge < -0.3 is 4.74 Å². The summed E-state index contributed by atoms with van der Waals surface area (Å²) in [6, 6.07) is 15.9. The number of hydrogen-bond acceptors (Lipinski definition) is 5. The minimum Gasteiger partial charge on any atom is -0.491 e. The van der Waals surface area contributed by atoms with Crippen molar-refractivity contribution in [3.8, 4) is 5.75 Å². The number of carbonyl (C=O) groups excluding carboxylic acids is 2. The Labute approximate surface area is 134 Å². The molecule has 0 N–H and O–H groups in total. The number of ketones is 1. The number of carbonyl (C=O) groups is 2. The Bertz CT molecular complexity index is 662. The molecule has 0 saturated heterocycles. The highest BCUT2D eigenvalue weighted by molar-refractivity contribution is 6.08. The van der Waals surface area contributed by atoms with Crippen LogP contribution in [0.1, 0.15) is 15.9 Å². The molecule has 0 aliphatic carbocycles. The fourth-order valence-corrected chi connectivity index (χ4v) is 1.79. The van der Waals surface area contributed by atoms with E-state index in [0.29, 0.717) is 16.9 Å². The minimum atomic E-state index is -0.659. The van der Waals surface area contributed by atoms with E-state index in [2.05, 4.69) is 16.4 Å². The summed E-state index contributed by atoms with van der Waals surface area (Å²) in [5.74, 6) is -0.112. The summed E-state index contributed by atoms with van der Waals surface area (Å²) in [6.07, 6.45) is 1.00. The molecule has 0 amide bonds. The van der Waals surface area contributed by atoms with Crippen molar-refractivity contribution in [2.24, 2.45) is 0 Å². The van der Waals surface area contributed by atoms with Crippen LogP contribution in [0.3, 0.4) is 0 Å². The first-order valence-electron chi connectivity index (χ1n) is 6.99. The van der Waals surface area contributed by atoms with Gasteiger partial charge in [-0.1, -0.05) is 36.9 Å². The maximum absolute atomic E-state index is 12.2. The maximum Gasteiger partial charge on any atom is 0.365 e. The topological polar surface area (TPSA) is 61.8 Å². The number of benzene rings is 2. The molecule has 5 heteroatoms. The highest BCUT2D eigenvalue weighted by Gasteiger charge is 2.08. The van der Waals surface area contributed by atoms with E-state index in [-0.39, 0.29) is 19.0 Å². The van der Waals surface area contributed by atoms with Crippen LogP contribution < -0.4 is 4.74 Å². The van der Waals surface area contributed by atoms with Gasteiger partial charge in [0, 0.05) is 17.2 Å². The molecule has 2 rings (SSSR count). The van der Waals surface area contributed by atoms with Gasteiger partial charge in [-0.15, -0.1) is 0 Å². The second-order valence-electron chi connectivity index (χ2n) is 4.50. The van der Waals surface area contributed by atoms with Gasteiger partial charge in [0.15, 0.2) is 5.78 Å². The molecule has 0 radical (unpaired) electrons. The molecule has 0 saturated carbocycles. The second kappa shape index (κ2) is 8.51. The van der Waals surface area contributed by atoms with Gasteiger partial charge >= 0.3 is 5.97 Å². The fourth-order valence-electron chi connectivity index (χ4n) is 1.79. The second-order valence-corrected chi connectivity index (χ2v) is 4.50. The van der Waals surface area contributed by atoms with Crippen LogP contribution >= 0.6 is 0 Å². The van der Waals surface area contributed by atoms with E-state index >= 15 is 0 Å². The van der Waals surface area contributed by atoms with Gasteiger partial charge in [-0.2, -0.15) is 4.89 Å². The Kier molecular flexibility index (Phi) is 6.08. The lowest BCUT2D eigenvalue weighted by Crippen LogP contribution is -2.09. The van der Waals surface area contributed by atoms with Gasteiger partial charge in [-0.3, -0.25) is 9.68 Å². The Morgan fingerprint density at radius 1 is 0.913 bits per heavy atom. The van der Waals surface area contributed by atoms with Crippen LogP contribution in [-0.2, 0) is 14.6 Å². The fraction of sp³-hybridized carbons (Fsp3) is 0.111. The predicted octanol–water partition coefficient (Wildman–Crippen LogP) is 2.96. The van der Waals surface area contributed by atoms with Crippen LogP contribution in [-0.4, -0.2) is 25.0 Å². The van der Waals surface area contributed by atoms with Crippen molar-refractivity contribution in [2.75, 3.05) is 13.2 Å². The summed E-state index contributed by atoms with van der Waals surface area (Å²) < 4.78 is 5.41. The Hall–Kier alpha value is -2.92. The van der Waals surface area contributed by atoms with Crippen molar-refractivity contribution in [1.29, 1.82) is 0 Å². The van der Waals surface area contributed by atoms with E-state index in [9.17, 15) is 9.59 Å². The van der Waals surface area contributed by atoms with E-state index in [0.717, 1.165) is 6.08 Å². The third-order valence-electron chi connectivity index (χ3n) is 2.90. The van der Waals surface area contributed by atoms with E-state index in [1.165, 1.54) is 0 Å². The van der Waals surface area contributed by atoms with E-state index in [1.807, 2.05) is 18.2 Å². The van der Waals surface area contributed by atoms with Crippen LogP contribution in [0.15, 0.2) is 67.3 Å². The quantitative estimate of drug-likeness (QED) is 0.246. The van der Waals surface area contributed by atoms with E-state index < -0.39 is 5.97 Å². The average Bonchev–Trinajstić information content (AvgIpc) is 2.62. The predicted molar refractivity (Wildman–Crippen MR) is 84.1 cm³/mol. The SMILES string of the molecule is C=CC(=O)OOCCOc1ccc(C(=O)c2ccccc2)cc1. The van der Waals surface area contributed by atoms with Gasteiger partial charge in [0.1, 0.15) is 19.0 Å². The molecule has 2 aromatic carbocycles. The number of hydrogen-bond donors (Lipinski definition) is 0. The smallest absolute Gasteiger partial charge is 0.365 e. The molecule has 0 aromatic heterocycles. The molecule has 118 valence electrons. The first-order chi connectivity index (χ1) is 11.2. The minimum absolute atomic E-state index is 0.0446. The summed E-state index contributed by atoms with van der Waals surface area (Å²) in [6.45, 7) is 3.53. The molecule has 2 aromatic rings. The summed E-state index contributed by atoms with van der Waals surface area (Å²) in [5, 5.41) is 0. The maximum atomic E-state index is 12.2. The summed E-state index contributed by atoms with van der Waals surface area (Å²) in [7, 11) is 0. The van der Waals surface area contributed by atoms with Gasteiger partial charge in [-0.05, 0) is 24.3 Å². The van der Waals surface area contributed by atoms with Crippen LogP contribution in [0.5, 0.6) is 5.75 Å². The lowest BCUT2D eigenvalue weighted by Gasteiger charge is -2.07. The molecule has 0 aliphatic heterocycles. The van der Waals surface area contributed by atoms with Gasteiger partial charge in [0.25, 0.3) is 0 Å². The largest absolute Gasteiger partial charge is 0.491 e.